The molecular weight excluding hydrogens is 254 g/mol. The Kier molecular flexibility index (Phi) is 4.47. The van der Waals surface area contributed by atoms with Crippen LogP contribution in [0.4, 0.5) is 11.4 Å². The Morgan fingerprint density at radius 3 is 2.68 bits per heavy atom. The molecule has 1 heterocycles. The molecule has 98 valence electrons. The van der Waals surface area contributed by atoms with Gasteiger partial charge in [0.15, 0.2) is 0 Å². The fourth-order valence-electron chi connectivity index (χ4n) is 1.98. The Bertz CT molecular complexity index is 581. The molecular formula is C15H17N3S. The highest BCUT2D eigenvalue weighted by atomic mass is 32.1. The zero-order chi connectivity index (χ0) is 13.7. The Morgan fingerprint density at radius 2 is 1.95 bits per heavy atom. The third kappa shape index (κ3) is 3.29. The number of aryl methyl sites for hydroxylation is 1. The van der Waals surface area contributed by atoms with Crippen LogP contribution in [0.1, 0.15) is 24.6 Å². The maximum atomic E-state index is 5.69. The number of rotatable bonds is 5. The van der Waals surface area contributed by atoms with Crippen LogP contribution in [0.25, 0.3) is 0 Å². The van der Waals surface area contributed by atoms with Crippen molar-refractivity contribution < 1.29 is 0 Å². The predicted octanol–water partition coefficient (Wildman–Crippen LogP) is 3.41. The molecule has 3 nitrogen and oxygen atoms in total. The summed E-state index contributed by atoms with van der Waals surface area (Å²) in [6, 6.07) is 12.0. The summed E-state index contributed by atoms with van der Waals surface area (Å²) in [5.41, 5.74) is 9.53. The van der Waals surface area contributed by atoms with Gasteiger partial charge in [0, 0.05) is 11.9 Å². The van der Waals surface area contributed by atoms with Crippen molar-refractivity contribution in [2.45, 2.75) is 19.8 Å². The van der Waals surface area contributed by atoms with Gasteiger partial charge in [0.05, 0.1) is 5.69 Å². The Hall–Kier alpha value is -1.94. The topological polar surface area (TPSA) is 50.9 Å². The minimum Gasteiger partial charge on any atom is -0.388 e. The zero-order valence-corrected chi connectivity index (χ0v) is 11.7. The zero-order valence-electron chi connectivity index (χ0n) is 10.9. The molecule has 0 saturated carbocycles. The van der Waals surface area contributed by atoms with Gasteiger partial charge in [-0.2, -0.15) is 0 Å². The van der Waals surface area contributed by atoms with Gasteiger partial charge in [-0.3, -0.25) is 4.98 Å². The van der Waals surface area contributed by atoms with Gasteiger partial charge in [-0.15, -0.1) is 0 Å². The number of para-hydroxylation sites is 1. The van der Waals surface area contributed by atoms with E-state index < -0.39 is 0 Å². The molecule has 0 spiro atoms. The molecule has 0 aliphatic carbocycles. The van der Waals surface area contributed by atoms with Gasteiger partial charge in [0.25, 0.3) is 0 Å². The van der Waals surface area contributed by atoms with E-state index in [1.807, 2.05) is 24.3 Å². The third-order valence-electron chi connectivity index (χ3n) is 2.85. The summed E-state index contributed by atoms with van der Waals surface area (Å²) in [7, 11) is 0. The van der Waals surface area contributed by atoms with Crippen molar-refractivity contribution in [2.75, 3.05) is 5.32 Å². The van der Waals surface area contributed by atoms with Crippen LogP contribution in [-0.2, 0) is 6.42 Å². The maximum Gasteiger partial charge on any atom is 0.124 e. The lowest BCUT2D eigenvalue weighted by molar-refractivity contribution is 0.923. The number of anilines is 2. The number of aromatic nitrogens is 1. The van der Waals surface area contributed by atoms with E-state index >= 15 is 0 Å². The summed E-state index contributed by atoms with van der Waals surface area (Å²) in [6.45, 7) is 2.17. The summed E-state index contributed by atoms with van der Waals surface area (Å²) in [5, 5.41) is 3.38. The number of nitrogens with zero attached hydrogens (tertiary/aromatic N) is 1. The summed E-state index contributed by atoms with van der Waals surface area (Å²) >= 11 is 5.03. The molecule has 0 radical (unpaired) electrons. The largest absolute Gasteiger partial charge is 0.388 e. The van der Waals surface area contributed by atoms with Crippen LogP contribution in [0.2, 0.25) is 0 Å². The van der Waals surface area contributed by atoms with Crippen molar-refractivity contribution in [3.05, 3.63) is 53.9 Å². The minimum atomic E-state index is 0.302. The first kappa shape index (κ1) is 13.5. The molecule has 0 bridgehead atoms. The second-order valence-corrected chi connectivity index (χ2v) is 4.74. The van der Waals surface area contributed by atoms with Crippen LogP contribution in [0.15, 0.2) is 42.6 Å². The van der Waals surface area contributed by atoms with Crippen LogP contribution in [0.5, 0.6) is 0 Å². The van der Waals surface area contributed by atoms with E-state index in [4.69, 9.17) is 18.0 Å². The summed E-state index contributed by atoms with van der Waals surface area (Å²) in [5.74, 6) is 0. The number of thiocarbonyl (C=S) groups is 1. The van der Waals surface area contributed by atoms with Gasteiger partial charge in [-0.05, 0) is 30.2 Å². The first-order valence-corrected chi connectivity index (χ1v) is 6.73. The van der Waals surface area contributed by atoms with Crippen LogP contribution >= 0.6 is 12.2 Å². The quantitative estimate of drug-likeness (QED) is 0.818. The molecule has 3 N–H and O–H groups in total. The Balaban J connectivity index is 2.34. The van der Waals surface area contributed by atoms with Gasteiger partial charge in [-0.1, -0.05) is 43.8 Å². The molecule has 0 aliphatic heterocycles. The van der Waals surface area contributed by atoms with Gasteiger partial charge >= 0.3 is 0 Å². The number of pyridine rings is 1. The molecule has 0 atom stereocenters. The fraction of sp³-hybridized carbons (Fsp3) is 0.200. The molecule has 0 aliphatic rings. The first-order chi connectivity index (χ1) is 9.22. The van der Waals surface area contributed by atoms with E-state index in [1.165, 1.54) is 5.56 Å². The van der Waals surface area contributed by atoms with E-state index in [0.717, 1.165) is 24.2 Å². The van der Waals surface area contributed by atoms with Crippen LogP contribution in [0.3, 0.4) is 0 Å². The smallest absolute Gasteiger partial charge is 0.124 e. The molecule has 2 rings (SSSR count). The molecule has 0 fully saturated rings. The highest BCUT2D eigenvalue weighted by Crippen LogP contribution is 2.23. The van der Waals surface area contributed by atoms with Crippen LogP contribution in [-0.4, -0.2) is 9.97 Å². The monoisotopic (exact) mass is 271 g/mol. The Morgan fingerprint density at radius 1 is 1.21 bits per heavy atom. The van der Waals surface area contributed by atoms with E-state index in [-0.39, 0.29) is 0 Å². The van der Waals surface area contributed by atoms with E-state index in [0.29, 0.717) is 10.7 Å². The highest BCUT2D eigenvalue weighted by Gasteiger charge is 2.08. The molecule has 4 heteroatoms. The van der Waals surface area contributed by atoms with Crippen molar-refractivity contribution in [1.29, 1.82) is 0 Å². The second-order valence-electron chi connectivity index (χ2n) is 4.30. The minimum absolute atomic E-state index is 0.302. The number of hydrogen-bond acceptors (Lipinski definition) is 3. The molecule has 2 aromatic rings. The molecule has 1 aromatic carbocycles. The van der Waals surface area contributed by atoms with E-state index in [1.54, 1.807) is 6.20 Å². The normalized spacial score (nSPS) is 10.2. The standard InChI is InChI=1S/C15H17N3S/c1-2-6-11-7-3-4-8-12(11)18-13-9-5-10-17-14(13)15(16)19/h3-5,7-10,18H,2,6H2,1H3,(H2,16,19). The lowest BCUT2D eigenvalue weighted by Gasteiger charge is -2.13. The molecule has 0 unspecified atom stereocenters. The fourth-order valence-corrected chi connectivity index (χ4v) is 2.14. The van der Waals surface area contributed by atoms with Gasteiger partial charge in [-0.25, -0.2) is 0 Å². The van der Waals surface area contributed by atoms with Gasteiger partial charge < -0.3 is 11.1 Å². The summed E-state index contributed by atoms with van der Waals surface area (Å²) in [4.78, 5) is 4.52. The highest BCUT2D eigenvalue weighted by molar-refractivity contribution is 7.80. The van der Waals surface area contributed by atoms with E-state index in [2.05, 4.69) is 29.4 Å². The lowest BCUT2D eigenvalue weighted by Crippen LogP contribution is -2.14. The summed E-state index contributed by atoms with van der Waals surface area (Å²) in [6.07, 6.45) is 3.83. The van der Waals surface area contributed by atoms with Crippen molar-refractivity contribution >= 4 is 28.6 Å². The first-order valence-electron chi connectivity index (χ1n) is 6.32. The van der Waals surface area contributed by atoms with Crippen molar-refractivity contribution in [3.63, 3.8) is 0 Å². The van der Waals surface area contributed by atoms with E-state index in [9.17, 15) is 0 Å². The summed E-state index contributed by atoms with van der Waals surface area (Å²) < 4.78 is 0. The average Bonchev–Trinajstić information content (AvgIpc) is 2.42. The van der Waals surface area contributed by atoms with Crippen LogP contribution < -0.4 is 11.1 Å². The van der Waals surface area contributed by atoms with Gasteiger partial charge in [0.1, 0.15) is 10.7 Å². The number of nitrogens with one attached hydrogen (secondary N) is 1. The average molecular weight is 271 g/mol. The van der Waals surface area contributed by atoms with Crippen molar-refractivity contribution in [3.8, 4) is 0 Å². The number of hydrogen-bond donors (Lipinski definition) is 2. The number of benzene rings is 1. The van der Waals surface area contributed by atoms with Crippen molar-refractivity contribution in [1.82, 2.24) is 4.98 Å². The van der Waals surface area contributed by atoms with Gasteiger partial charge in [0.2, 0.25) is 0 Å². The molecule has 1 aromatic heterocycles. The van der Waals surface area contributed by atoms with Crippen molar-refractivity contribution in [2.24, 2.45) is 5.73 Å². The Labute approximate surface area is 118 Å². The molecule has 0 saturated heterocycles. The maximum absolute atomic E-state index is 5.69. The molecule has 0 amide bonds. The lowest BCUT2D eigenvalue weighted by atomic mass is 10.1. The van der Waals surface area contributed by atoms with Crippen LogP contribution in [0, 0.1) is 0 Å². The predicted molar refractivity (Wildman–Crippen MR) is 83.8 cm³/mol. The number of nitrogens with two attached hydrogens (primary N) is 1. The molecule has 19 heavy (non-hydrogen) atoms. The third-order valence-corrected chi connectivity index (χ3v) is 3.04. The SMILES string of the molecule is CCCc1ccccc1Nc1cccnc1C(N)=S. The second kappa shape index (κ2) is 6.29.